The van der Waals surface area contributed by atoms with Crippen LogP contribution >= 0.6 is 0 Å². The summed E-state index contributed by atoms with van der Waals surface area (Å²) in [6.07, 6.45) is -3.15. The van der Waals surface area contributed by atoms with Gasteiger partial charge in [0.1, 0.15) is 18.7 Å². The highest BCUT2D eigenvalue weighted by Crippen LogP contribution is 2.34. The van der Waals surface area contributed by atoms with Gasteiger partial charge in [0.2, 0.25) is 0 Å². The fourth-order valence-electron chi connectivity index (χ4n) is 4.02. The highest BCUT2D eigenvalue weighted by molar-refractivity contribution is 5.86. The van der Waals surface area contributed by atoms with Crippen molar-refractivity contribution >= 4 is 11.0 Å². The molecule has 176 valence electrons. The van der Waals surface area contributed by atoms with E-state index in [9.17, 15) is 18.0 Å². The second-order valence-corrected chi connectivity index (χ2v) is 8.00. The Morgan fingerprint density at radius 2 is 1.57 bits per heavy atom. The largest absolute Gasteiger partial charge is 0.416 e. The molecule has 0 aliphatic carbocycles. The van der Waals surface area contributed by atoms with Crippen LogP contribution in [0.25, 0.3) is 28.0 Å². The molecule has 0 N–H and O–H groups in total. The summed E-state index contributed by atoms with van der Waals surface area (Å²) in [5.74, 6) is 0. The van der Waals surface area contributed by atoms with Gasteiger partial charge in [-0.05, 0) is 35.4 Å². The number of aromatic nitrogens is 3. The number of nitrogens with zero attached hydrogens (tertiary/aromatic N) is 3. The van der Waals surface area contributed by atoms with Crippen LogP contribution < -0.4 is 5.56 Å². The molecule has 2 heterocycles. The van der Waals surface area contributed by atoms with E-state index in [-0.39, 0.29) is 17.8 Å². The van der Waals surface area contributed by atoms with Crippen molar-refractivity contribution < 1.29 is 17.9 Å². The van der Waals surface area contributed by atoms with E-state index in [1.165, 1.54) is 12.4 Å². The van der Waals surface area contributed by atoms with Gasteiger partial charge >= 0.3 is 6.18 Å². The number of fused-ring (bicyclic) bond motifs is 1. The van der Waals surface area contributed by atoms with Crippen LogP contribution in [0.2, 0.25) is 0 Å². The van der Waals surface area contributed by atoms with Crippen LogP contribution in [-0.4, -0.2) is 14.1 Å². The first-order chi connectivity index (χ1) is 16.9. The number of benzene rings is 3. The number of ether oxygens (including phenoxy) is 1. The van der Waals surface area contributed by atoms with Crippen molar-refractivity contribution in [3.8, 4) is 16.9 Å². The fourth-order valence-corrected chi connectivity index (χ4v) is 4.02. The van der Waals surface area contributed by atoms with E-state index in [2.05, 4.69) is 4.98 Å². The fraction of sp³-hybridized carbons (Fsp3) is 0.111. The molecule has 5 aromatic rings. The minimum absolute atomic E-state index is 0.0515. The van der Waals surface area contributed by atoms with Gasteiger partial charge in [-0.1, -0.05) is 66.7 Å². The number of hydrogen-bond donors (Lipinski definition) is 0. The zero-order valence-electron chi connectivity index (χ0n) is 18.4. The van der Waals surface area contributed by atoms with Crippen LogP contribution in [0.4, 0.5) is 13.2 Å². The third-order valence-electron chi connectivity index (χ3n) is 5.63. The minimum Gasteiger partial charge on any atom is -0.356 e. The van der Waals surface area contributed by atoms with Gasteiger partial charge in [0.15, 0.2) is 0 Å². The third-order valence-corrected chi connectivity index (χ3v) is 5.63. The second kappa shape index (κ2) is 9.23. The van der Waals surface area contributed by atoms with Crippen molar-refractivity contribution in [1.82, 2.24) is 14.1 Å². The lowest BCUT2D eigenvalue weighted by Crippen LogP contribution is -2.15. The lowest BCUT2D eigenvalue weighted by Gasteiger charge is -2.17. The summed E-state index contributed by atoms with van der Waals surface area (Å²) in [7, 11) is 0. The Hall–Kier alpha value is -4.17. The number of halogens is 3. The van der Waals surface area contributed by atoms with E-state index in [4.69, 9.17) is 4.74 Å². The molecule has 0 atom stereocenters. The minimum atomic E-state index is -4.51. The molecule has 2 aromatic heterocycles. The first kappa shape index (κ1) is 22.6. The van der Waals surface area contributed by atoms with E-state index in [1.807, 2.05) is 60.7 Å². The van der Waals surface area contributed by atoms with Crippen LogP contribution in [0.1, 0.15) is 11.1 Å². The van der Waals surface area contributed by atoms with Crippen LogP contribution in [0.3, 0.4) is 0 Å². The zero-order valence-corrected chi connectivity index (χ0v) is 18.4. The molecule has 8 heteroatoms. The molecule has 0 amide bonds. The second-order valence-electron chi connectivity index (χ2n) is 8.00. The van der Waals surface area contributed by atoms with Crippen molar-refractivity contribution in [3.05, 3.63) is 119 Å². The Balaban J connectivity index is 1.68. The van der Waals surface area contributed by atoms with Crippen molar-refractivity contribution in [3.63, 3.8) is 0 Å². The summed E-state index contributed by atoms with van der Waals surface area (Å²) in [5, 5.41) is 0.284. The number of hydrogen-bond acceptors (Lipinski definition) is 3. The van der Waals surface area contributed by atoms with Crippen molar-refractivity contribution in [2.75, 3.05) is 0 Å². The molecule has 0 bridgehead atoms. The maximum atomic E-state index is 13.5. The molecular weight excluding hydrogens is 455 g/mol. The Morgan fingerprint density at radius 3 is 2.29 bits per heavy atom. The smallest absolute Gasteiger partial charge is 0.356 e. The molecule has 0 saturated heterocycles. The van der Waals surface area contributed by atoms with Crippen LogP contribution in [0, 0.1) is 0 Å². The summed E-state index contributed by atoms with van der Waals surface area (Å²) in [6, 6.07) is 25.5. The molecule has 0 fully saturated rings. The summed E-state index contributed by atoms with van der Waals surface area (Å²) in [6.45, 7) is 0.375. The standard InChI is InChI=1S/C27H20F3N3O2/c28-27(29,30)21-12-7-13-22(14-21)33-24(20-10-5-2-6-11-20)15-23-25(34)31-17-32(26(23)33)18-35-16-19-8-3-1-4-9-19/h1-15,17H,16,18H2. The van der Waals surface area contributed by atoms with E-state index in [1.54, 1.807) is 21.3 Å². The van der Waals surface area contributed by atoms with Gasteiger partial charge in [-0.25, -0.2) is 0 Å². The average Bonchev–Trinajstić information content (AvgIpc) is 3.28. The topological polar surface area (TPSA) is 49.1 Å². The van der Waals surface area contributed by atoms with E-state index < -0.39 is 17.3 Å². The molecule has 35 heavy (non-hydrogen) atoms. The van der Waals surface area contributed by atoms with Gasteiger partial charge in [0, 0.05) is 5.69 Å². The van der Waals surface area contributed by atoms with E-state index in [0.717, 1.165) is 23.3 Å². The first-order valence-corrected chi connectivity index (χ1v) is 10.9. The predicted molar refractivity (Wildman–Crippen MR) is 127 cm³/mol. The van der Waals surface area contributed by atoms with Gasteiger partial charge in [-0.2, -0.15) is 18.2 Å². The molecule has 0 saturated carbocycles. The van der Waals surface area contributed by atoms with Gasteiger partial charge in [0.05, 0.1) is 23.3 Å². The summed E-state index contributed by atoms with van der Waals surface area (Å²) < 4.78 is 49.7. The molecule has 0 aliphatic rings. The summed E-state index contributed by atoms with van der Waals surface area (Å²) >= 11 is 0. The number of alkyl halides is 3. The van der Waals surface area contributed by atoms with E-state index >= 15 is 0 Å². The van der Waals surface area contributed by atoms with Crippen LogP contribution in [0.5, 0.6) is 0 Å². The van der Waals surface area contributed by atoms with Crippen molar-refractivity contribution in [1.29, 1.82) is 0 Å². The average molecular weight is 475 g/mol. The lowest BCUT2D eigenvalue weighted by molar-refractivity contribution is -0.137. The molecule has 3 aromatic carbocycles. The van der Waals surface area contributed by atoms with Crippen molar-refractivity contribution in [2.24, 2.45) is 0 Å². The number of rotatable bonds is 6. The predicted octanol–water partition coefficient (Wildman–Crippen LogP) is 6.05. The molecule has 5 nitrogen and oxygen atoms in total. The molecule has 0 unspecified atom stereocenters. The van der Waals surface area contributed by atoms with Crippen LogP contribution in [0.15, 0.2) is 102 Å². The SMILES string of the molecule is O=c1ncn(COCc2ccccc2)c2c1cc(-c1ccccc1)n2-c1cccc(C(F)(F)F)c1. The Bertz CT molecular complexity index is 1520. The molecule has 0 aliphatic heterocycles. The maximum absolute atomic E-state index is 13.5. The normalized spacial score (nSPS) is 11.7. The van der Waals surface area contributed by atoms with E-state index in [0.29, 0.717) is 17.9 Å². The molecular formula is C27H20F3N3O2. The monoisotopic (exact) mass is 475 g/mol. The zero-order chi connectivity index (χ0) is 24.4. The van der Waals surface area contributed by atoms with Gasteiger partial charge in [0.25, 0.3) is 5.56 Å². The lowest BCUT2D eigenvalue weighted by atomic mass is 10.1. The maximum Gasteiger partial charge on any atom is 0.416 e. The molecule has 0 spiro atoms. The quantitative estimate of drug-likeness (QED) is 0.301. The Kier molecular flexibility index (Phi) is 5.96. The third kappa shape index (κ3) is 4.61. The summed E-state index contributed by atoms with van der Waals surface area (Å²) in [5.41, 5.74) is 1.71. The molecule has 0 radical (unpaired) electrons. The van der Waals surface area contributed by atoms with Crippen molar-refractivity contribution in [2.45, 2.75) is 19.5 Å². The van der Waals surface area contributed by atoms with Gasteiger partial charge < -0.3 is 4.74 Å². The summed E-state index contributed by atoms with van der Waals surface area (Å²) in [4.78, 5) is 16.7. The van der Waals surface area contributed by atoms with Gasteiger partial charge in [-0.3, -0.25) is 13.9 Å². The molecule has 5 rings (SSSR count). The highest BCUT2D eigenvalue weighted by Gasteiger charge is 2.31. The highest BCUT2D eigenvalue weighted by atomic mass is 19.4. The Morgan fingerprint density at radius 1 is 0.857 bits per heavy atom. The first-order valence-electron chi connectivity index (χ1n) is 10.9. The van der Waals surface area contributed by atoms with Crippen LogP contribution in [-0.2, 0) is 24.3 Å². The Labute approximate surface area is 198 Å². The van der Waals surface area contributed by atoms with Gasteiger partial charge in [-0.15, -0.1) is 0 Å².